The van der Waals surface area contributed by atoms with Crippen LogP contribution in [0.1, 0.15) is 43.7 Å². The number of hydrogen-bond acceptors (Lipinski definition) is 6. The van der Waals surface area contributed by atoms with Gasteiger partial charge in [-0.05, 0) is 50.8 Å². The highest BCUT2D eigenvalue weighted by atomic mass is 19.1. The molecule has 0 saturated heterocycles. The molecule has 4 aromatic rings. The average molecular weight is 433 g/mol. The van der Waals surface area contributed by atoms with Gasteiger partial charge in [0.05, 0.1) is 11.9 Å². The lowest BCUT2D eigenvalue weighted by molar-refractivity contribution is 0.0957. The summed E-state index contributed by atoms with van der Waals surface area (Å²) in [5.41, 5.74) is 2.94. The van der Waals surface area contributed by atoms with Crippen LogP contribution in [-0.2, 0) is 11.3 Å². The number of nitrogens with zero attached hydrogens (tertiary/aromatic N) is 5. The molecule has 164 valence electrons. The Morgan fingerprint density at radius 2 is 2.03 bits per heavy atom. The van der Waals surface area contributed by atoms with Crippen molar-refractivity contribution < 1.29 is 9.13 Å². The Morgan fingerprint density at radius 3 is 2.81 bits per heavy atom. The van der Waals surface area contributed by atoms with E-state index in [9.17, 15) is 4.39 Å². The number of rotatable bonds is 8. The van der Waals surface area contributed by atoms with Gasteiger partial charge in [-0.1, -0.05) is 18.2 Å². The van der Waals surface area contributed by atoms with Gasteiger partial charge in [-0.15, -0.1) is 0 Å². The minimum absolute atomic E-state index is 0.169. The second kappa shape index (κ2) is 8.63. The molecule has 1 fully saturated rings. The first-order chi connectivity index (χ1) is 15.6. The average Bonchev–Trinajstić information content (AvgIpc) is 3.57. The molecule has 0 aliphatic heterocycles. The fourth-order valence-corrected chi connectivity index (χ4v) is 3.87. The summed E-state index contributed by atoms with van der Waals surface area (Å²) in [6, 6.07) is 10.5. The summed E-state index contributed by atoms with van der Waals surface area (Å²) < 4.78 is 21.6. The largest absolute Gasteiger partial charge is 0.359 e. The lowest BCUT2D eigenvalue weighted by Crippen LogP contribution is -2.21. The molecule has 0 bridgehead atoms. The topological polar surface area (TPSA) is 77.8 Å². The van der Waals surface area contributed by atoms with Crippen LogP contribution in [-0.4, -0.2) is 37.6 Å². The minimum Gasteiger partial charge on any atom is -0.359 e. The van der Waals surface area contributed by atoms with E-state index in [1.54, 1.807) is 23.0 Å². The van der Waals surface area contributed by atoms with Crippen molar-refractivity contribution in [2.45, 2.75) is 45.4 Å². The highest BCUT2D eigenvalue weighted by molar-refractivity contribution is 5.89. The van der Waals surface area contributed by atoms with Gasteiger partial charge in [-0.25, -0.2) is 24.0 Å². The van der Waals surface area contributed by atoms with E-state index < -0.39 is 0 Å². The second-order valence-electron chi connectivity index (χ2n) is 7.99. The van der Waals surface area contributed by atoms with Crippen LogP contribution in [0.3, 0.4) is 0 Å². The Balaban J connectivity index is 1.56. The number of fused-ring (bicyclic) bond motifs is 1. The molecule has 1 N–H and O–H groups in total. The maximum Gasteiger partial charge on any atom is 0.182 e. The molecule has 32 heavy (non-hydrogen) atoms. The molecule has 1 aliphatic rings. The molecule has 1 aromatic carbocycles. The van der Waals surface area contributed by atoms with Crippen LogP contribution in [0.2, 0.25) is 0 Å². The van der Waals surface area contributed by atoms with Gasteiger partial charge in [0.15, 0.2) is 11.5 Å². The van der Waals surface area contributed by atoms with E-state index in [1.165, 1.54) is 6.07 Å². The molecule has 3 aromatic heterocycles. The van der Waals surface area contributed by atoms with Crippen molar-refractivity contribution in [3.8, 4) is 11.5 Å². The number of hydrogen-bond donors (Lipinski definition) is 1. The van der Waals surface area contributed by atoms with E-state index >= 15 is 0 Å². The number of pyridine rings is 1. The van der Waals surface area contributed by atoms with Crippen molar-refractivity contribution >= 4 is 16.9 Å². The van der Waals surface area contributed by atoms with Gasteiger partial charge in [0.25, 0.3) is 0 Å². The Labute approximate surface area is 185 Å². The van der Waals surface area contributed by atoms with E-state index in [0.717, 1.165) is 29.6 Å². The maximum absolute atomic E-state index is 14.3. The number of halogens is 1. The van der Waals surface area contributed by atoms with E-state index in [0.29, 0.717) is 35.3 Å². The van der Waals surface area contributed by atoms with Crippen LogP contribution < -0.4 is 5.32 Å². The summed E-state index contributed by atoms with van der Waals surface area (Å²) in [7, 11) is 0. The standard InChI is InChI=1S/C24H25FN6O/c1-3-32-15(2)28-22-19(16-10-11-16)13-27-23(29-22)21-18-8-6-12-26-24(18)31(30-21)14-17-7-4-5-9-20(17)25/h4-9,12-13,15-16H,3,10-11,14H2,1-2H3,(H,27,28,29). The fraction of sp³-hybridized carbons (Fsp3) is 0.333. The van der Waals surface area contributed by atoms with Gasteiger partial charge in [0, 0.05) is 30.1 Å². The molecule has 0 amide bonds. The van der Waals surface area contributed by atoms with Gasteiger partial charge in [0.2, 0.25) is 0 Å². The molecule has 0 radical (unpaired) electrons. The Morgan fingerprint density at radius 1 is 1.19 bits per heavy atom. The summed E-state index contributed by atoms with van der Waals surface area (Å²) in [6.07, 6.45) is 5.71. The summed E-state index contributed by atoms with van der Waals surface area (Å²) in [6.45, 7) is 4.81. The van der Waals surface area contributed by atoms with Crippen LogP contribution in [0.4, 0.5) is 10.2 Å². The number of nitrogens with one attached hydrogen (secondary N) is 1. The molecule has 0 spiro atoms. The molecule has 5 rings (SSSR count). The molecule has 1 saturated carbocycles. The molecular weight excluding hydrogens is 407 g/mol. The summed E-state index contributed by atoms with van der Waals surface area (Å²) >= 11 is 0. The zero-order valence-electron chi connectivity index (χ0n) is 18.1. The zero-order chi connectivity index (χ0) is 22.1. The van der Waals surface area contributed by atoms with Crippen LogP contribution in [0.15, 0.2) is 48.8 Å². The molecule has 1 unspecified atom stereocenters. The quantitative estimate of drug-likeness (QED) is 0.405. The first-order valence-electron chi connectivity index (χ1n) is 10.9. The smallest absolute Gasteiger partial charge is 0.182 e. The van der Waals surface area contributed by atoms with Gasteiger partial charge in [-0.3, -0.25) is 0 Å². The first-order valence-corrected chi connectivity index (χ1v) is 10.9. The predicted octanol–water partition coefficient (Wildman–Crippen LogP) is 4.75. The summed E-state index contributed by atoms with van der Waals surface area (Å²) in [5.74, 6) is 1.50. The molecule has 1 atom stereocenters. The van der Waals surface area contributed by atoms with Gasteiger partial charge in [0.1, 0.15) is 23.6 Å². The third-order valence-corrected chi connectivity index (χ3v) is 5.59. The summed E-state index contributed by atoms with van der Waals surface area (Å²) in [4.78, 5) is 14.0. The number of ether oxygens (including phenoxy) is 1. The zero-order valence-corrected chi connectivity index (χ0v) is 18.1. The lowest BCUT2D eigenvalue weighted by atomic mass is 10.2. The van der Waals surface area contributed by atoms with Crippen molar-refractivity contribution in [2.24, 2.45) is 0 Å². The lowest BCUT2D eigenvalue weighted by Gasteiger charge is -2.17. The Bertz CT molecular complexity index is 1250. The van der Waals surface area contributed by atoms with E-state index in [4.69, 9.17) is 14.8 Å². The minimum atomic E-state index is -0.268. The van der Waals surface area contributed by atoms with Crippen LogP contribution >= 0.6 is 0 Å². The first kappa shape index (κ1) is 20.5. The van der Waals surface area contributed by atoms with Crippen molar-refractivity contribution in [2.75, 3.05) is 11.9 Å². The van der Waals surface area contributed by atoms with Gasteiger partial charge < -0.3 is 10.1 Å². The SMILES string of the molecule is CCOC(C)Nc1nc(-c2nn(Cc3ccccc3F)c3ncccc23)ncc1C1CC1. The van der Waals surface area contributed by atoms with E-state index in [-0.39, 0.29) is 18.6 Å². The third-order valence-electron chi connectivity index (χ3n) is 5.59. The highest BCUT2D eigenvalue weighted by Gasteiger charge is 2.29. The number of benzene rings is 1. The molecule has 1 aliphatic carbocycles. The van der Waals surface area contributed by atoms with Crippen molar-refractivity contribution in [3.05, 3.63) is 65.7 Å². The Kier molecular flexibility index (Phi) is 5.53. The van der Waals surface area contributed by atoms with Crippen LogP contribution in [0, 0.1) is 5.82 Å². The van der Waals surface area contributed by atoms with Gasteiger partial charge in [-0.2, -0.15) is 5.10 Å². The fourth-order valence-electron chi connectivity index (χ4n) is 3.87. The summed E-state index contributed by atoms with van der Waals surface area (Å²) in [5, 5.41) is 8.94. The maximum atomic E-state index is 14.3. The van der Waals surface area contributed by atoms with Crippen LogP contribution in [0.5, 0.6) is 0 Å². The predicted molar refractivity (Wildman–Crippen MR) is 121 cm³/mol. The highest BCUT2D eigenvalue weighted by Crippen LogP contribution is 2.43. The van der Waals surface area contributed by atoms with E-state index in [2.05, 4.69) is 15.3 Å². The number of aromatic nitrogens is 5. The monoisotopic (exact) mass is 432 g/mol. The van der Waals surface area contributed by atoms with Crippen LogP contribution in [0.25, 0.3) is 22.6 Å². The molecule has 3 heterocycles. The molecule has 7 nitrogen and oxygen atoms in total. The van der Waals surface area contributed by atoms with Crippen molar-refractivity contribution in [3.63, 3.8) is 0 Å². The molecular formula is C24H25FN6O. The molecule has 8 heteroatoms. The normalized spacial score (nSPS) is 14.6. The van der Waals surface area contributed by atoms with E-state index in [1.807, 2.05) is 38.2 Å². The van der Waals surface area contributed by atoms with Crippen molar-refractivity contribution in [1.29, 1.82) is 0 Å². The Hall–Kier alpha value is -3.39. The second-order valence-corrected chi connectivity index (χ2v) is 7.99. The number of anilines is 1. The van der Waals surface area contributed by atoms with Crippen molar-refractivity contribution in [1.82, 2.24) is 24.7 Å². The third kappa shape index (κ3) is 4.05. The van der Waals surface area contributed by atoms with Gasteiger partial charge >= 0.3 is 0 Å².